The van der Waals surface area contributed by atoms with Crippen molar-refractivity contribution in [3.05, 3.63) is 41.3 Å². The Hall–Kier alpha value is -1.46. The molecule has 5 heteroatoms. The molecule has 0 fully saturated rings. The number of oxazole rings is 1. The van der Waals surface area contributed by atoms with Gasteiger partial charge in [-0.1, -0.05) is 30.8 Å². The number of nitrogens with zero attached hydrogens (tertiary/aromatic N) is 1. The van der Waals surface area contributed by atoms with Crippen LogP contribution in [-0.2, 0) is 0 Å². The van der Waals surface area contributed by atoms with Crippen LogP contribution in [0.25, 0.3) is 0 Å². The Kier molecular flexibility index (Phi) is 4.73. The van der Waals surface area contributed by atoms with Gasteiger partial charge in [-0.2, -0.15) is 0 Å². The van der Waals surface area contributed by atoms with Crippen molar-refractivity contribution in [3.8, 4) is 5.75 Å². The molecule has 2 aromatic rings. The van der Waals surface area contributed by atoms with Crippen LogP contribution in [0.1, 0.15) is 30.0 Å². The van der Waals surface area contributed by atoms with Crippen molar-refractivity contribution in [2.24, 2.45) is 5.73 Å². The van der Waals surface area contributed by atoms with E-state index in [4.69, 9.17) is 14.9 Å². The van der Waals surface area contributed by atoms with E-state index < -0.39 is 0 Å². The van der Waals surface area contributed by atoms with E-state index in [1.165, 1.54) is 0 Å². The molecule has 1 aromatic carbocycles. The summed E-state index contributed by atoms with van der Waals surface area (Å²) >= 11 is 1.56. The van der Waals surface area contributed by atoms with Crippen LogP contribution in [0.5, 0.6) is 5.75 Å². The molecule has 0 bridgehead atoms. The second-order valence-corrected chi connectivity index (χ2v) is 6.07. The second-order valence-electron chi connectivity index (χ2n) is 4.74. The van der Waals surface area contributed by atoms with Gasteiger partial charge < -0.3 is 14.9 Å². The van der Waals surface area contributed by atoms with Crippen molar-refractivity contribution < 1.29 is 9.15 Å². The largest absolute Gasteiger partial charge is 0.497 e. The molecule has 2 rings (SSSR count). The van der Waals surface area contributed by atoms with Crippen molar-refractivity contribution >= 4 is 11.8 Å². The van der Waals surface area contributed by atoms with Crippen LogP contribution < -0.4 is 10.5 Å². The maximum absolute atomic E-state index is 6.29. The minimum Gasteiger partial charge on any atom is -0.497 e. The fourth-order valence-corrected chi connectivity index (χ4v) is 2.81. The zero-order valence-corrected chi connectivity index (χ0v) is 13.0. The van der Waals surface area contributed by atoms with Gasteiger partial charge in [-0.15, -0.1) is 0 Å². The number of ether oxygens (including phenoxy) is 1. The third kappa shape index (κ3) is 3.35. The maximum atomic E-state index is 6.29. The summed E-state index contributed by atoms with van der Waals surface area (Å²) in [5.74, 6) is 1.69. The monoisotopic (exact) mass is 292 g/mol. The molecule has 0 spiro atoms. The highest BCUT2D eigenvalue weighted by molar-refractivity contribution is 7.99. The smallest absolute Gasteiger partial charge is 0.256 e. The van der Waals surface area contributed by atoms with Crippen molar-refractivity contribution in [1.29, 1.82) is 0 Å². The fraction of sp³-hybridized carbons (Fsp3) is 0.400. The minimum atomic E-state index is -0.0848. The molecule has 1 aromatic heterocycles. The van der Waals surface area contributed by atoms with Gasteiger partial charge in [0.2, 0.25) is 0 Å². The van der Waals surface area contributed by atoms with Crippen LogP contribution in [0, 0.1) is 13.8 Å². The number of nitrogens with two attached hydrogens (primary N) is 1. The van der Waals surface area contributed by atoms with Crippen molar-refractivity contribution in [1.82, 2.24) is 4.98 Å². The fourth-order valence-electron chi connectivity index (χ4n) is 1.82. The van der Waals surface area contributed by atoms with E-state index >= 15 is 0 Å². The summed E-state index contributed by atoms with van der Waals surface area (Å²) in [7, 11) is 1.65. The van der Waals surface area contributed by atoms with Gasteiger partial charge in [-0.3, -0.25) is 0 Å². The predicted octanol–water partition coefficient (Wildman–Crippen LogP) is 3.48. The molecule has 4 nitrogen and oxygen atoms in total. The Morgan fingerprint density at radius 1 is 1.25 bits per heavy atom. The molecule has 0 aliphatic rings. The number of hydrogen-bond donors (Lipinski definition) is 1. The van der Waals surface area contributed by atoms with Gasteiger partial charge in [0.15, 0.2) is 0 Å². The van der Waals surface area contributed by atoms with E-state index in [1.807, 2.05) is 38.1 Å². The highest BCUT2D eigenvalue weighted by Gasteiger charge is 2.19. The van der Waals surface area contributed by atoms with Crippen molar-refractivity contribution in [2.45, 2.75) is 37.3 Å². The molecule has 0 saturated heterocycles. The number of benzene rings is 1. The zero-order chi connectivity index (χ0) is 14.7. The van der Waals surface area contributed by atoms with E-state index in [1.54, 1.807) is 18.9 Å². The molecule has 0 aliphatic carbocycles. The minimum absolute atomic E-state index is 0.0848. The normalized spacial score (nSPS) is 14.1. The average Bonchev–Trinajstić information content (AvgIpc) is 2.76. The quantitative estimate of drug-likeness (QED) is 0.855. The molecule has 20 heavy (non-hydrogen) atoms. The van der Waals surface area contributed by atoms with Crippen LogP contribution in [0.3, 0.4) is 0 Å². The molecule has 2 atom stereocenters. The van der Waals surface area contributed by atoms with E-state index in [0.717, 1.165) is 22.8 Å². The number of methoxy groups -OCH3 is 1. The Balaban J connectivity index is 2.05. The molecule has 1 heterocycles. The van der Waals surface area contributed by atoms with Crippen molar-refractivity contribution in [3.63, 3.8) is 0 Å². The SMILES string of the molecule is COc1ccc(C(N)C(C)Sc2nc(C)c(C)o2)cc1. The third-order valence-corrected chi connectivity index (χ3v) is 4.34. The number of hydrogen-bond acceptors (Lipinski definition) is 5. The van der Waals surface area contributed by atoms with Crippen LogP contribution in [0.2, 0.25) is 0 Å². The first-order valence-corrected chi connectivity index (χ1v) is 7.39. The van der Waals surface area contributed by atoms with Gasteiger partial charge in [-0.25, -0.2) is 4.98 Å². The lowest BCUT2D eigenvalue weighted by Gasteiger charge is -2.18. The first-order valence-electron chi connectivity index (χ1n) is 6.51. The Bertz CT molecular complexity index is 546. The number of rotatable bonds is 5. The molecule has 0 aliphatic heterocycles. The number of aryl methyl sites for hydroxylation is 2. The summed E-state index contributed by atoms with van der Waals surface area (Å²) in [5, 5.41) is 0.845. The Morgan fingerprint density at radius 3 is 2.40 bits per heavy atom. The zero-order valence-electron chi connectivity index (χ0n) is 12.2. The second kappa shape index (κ2) is 6.33. The molecular weight excluding hydrogens is 272 g/mol. The number of aromatic nitrogens is 1. The number of thioether (sulfide) groups is 1. The third-order valence-electron chi connectivity index (χ3n) is 3.30. The molecule has 0 amide bonds. The van der Waals surface area contributed by atoms with Crippen LogP contribution >= 0.6 is 11.8 Å². The summed E-state index contributed by atoms with van der Waals surface area (Å²) in [6.45, 7) is 5.94. The highest BCUT2D eigenvalue weighted by Crippen LogP contribution is 2.31. The lowest BCUT2D eigenvalue weighted by molar-refractivity contribution is 0.414. The lowest BCUT2D eigenvalue weighted by Crippen LogP contribution is -2.21. The summed E-state index contributed by atoms with van der Waals surface area (Å²) < 4.78 is 10.7. The standard InChI is InChI=1S/C15H20N2O2S/c1-9-10(2)19-15(17-9)20-11(3)14(16)12-5-7-13(18-4)8-6-12/h5-8,11,14H,16H2,1-4H3. The Morgan fingerprint density at radius 2 is 1.90 bits per heavy atom. The Labute approximate surface area is 123 Å². The molecule has 0 saturated carbocycles. The molecule has 2 unspecified atom stereocenters. The molecule has 0 radical (unpaired) electrons. The predicted molar refractivity (Wildman–Crippen MR) is 81.2 cm³/mol. The van der Waals surface area contributed by atoms with Gasteiger partial charge in [0.25, 0.3) is 5.22 Å². The molecular formula is C15H20N2O2S. The van der Waals surface area contributed by atoms with Gasteiger partial charge in [-0.05, 0) is 31.5 Å². The maximum Gasteiger partial charge on any atom is 0.256 e. The van der Waals surface area contributed by atoms with E-state index in [0.29, 0.717) is 5.22 Å². The van der Waals surface area contributed by atoms with Crippen LogP contribution in [0.15, 0.2) is 33.9 Å². The highest BCUT2D eigenvalue weighted by atomic mass is 32.2. The average molecular weight is 292 g/mol. The van der Waals surface area contributed by atoms with Crippen LogP contribution in [0.4, 0.5) is 0 Å². The summed E-state index contributed by atoms with van der Waals surface area (Å²) in [6, 6.07) is 7.75. The topological polar surface area (TPSA) is 61.3 Å². The van der Waals surface area contributed by atoms with Crippen LogP contribution in [-0.4, -0.2) is 17.3 Å². The van der Waals surface area contributed by atoms with Gasteiger partial charge in [0, 0.05) is 11.3 Å². The van der Waals surface area contributed by atoms with E-state index in [2.05, 4.69) is 11.9 Å². The summed E-state index contributed by atoms with van der Waals surface area (Å²) in [5.41, 5.74) is 8.29. The van der Waals surface area contributed by atoms with Gasteiger partial charge in [0.05, 0.1) is 12.8 Å². The lowest BCUT2D eigenvalue weighted by atomic mass is 10.1. The summed E-state index contributed by atoms with van der Waals surface area (Å²) in [4.78, 5) is 4.37. The first kappa shape index (κ1) is 14.9. The first-order chi connectivity index (χ1) is 9.51. The van der Waals surface area contributed by atoms with E-state index in [-0.39, 0.29) is 11.3 Å². The molecule has 108 valence electrons. The van der Waals surface area contributed by atoms with Gasteiger partial charge in [0.1, 0.15) is 11.5 Å². The van der Waals surface area contributed by atoms with Gasteiger partial charge >= 0.3 is 0 Å². The van der Waals surface area contributed by atoms with E-state index in [9.17, 15) is 0 Å². The van der Waals surface area contributed by atoms with Crippen molar-refractivity contribution in [2.75, 3.05) is 7.11 Å². The summed E-state index contributed by atoms with van der Waals surface area (Å²) in [6.07, 6.45) is 0. The molecule has 2 N–H and O–H groups in total.